The molecule has 0 unspecified atom stereocenters. The summed E-state index contributed by atoms with van der Waals surface area (Å²) in [7, 11) is 0. The molecule has 0 fully saturated rings. The molecule has 0 aromatic heterocycles. The van der Waals surface area contributed by atoms with E-state index in [9.17, 15) is 0 Å². The summed E-state index contributed by atoms with van der Waals surface area (Å²) in [5, 5.41) is 0. The summed E-state index contributed by atoms with van der Waals surface area (Å²) < 4.78 is 2.76. The molecule has 3 heteroatoms. The highest BCUT2D eigenvalue weighted by atomic mass is 127. The average Bonchev–Trinajstić information content (AvgIpc) is 2.12. The molecular formula is C10H11I2N. The average molecular weight is 399 g/mol. The second kappa shape index (κ2) is 4.02. The van der Waals surface area contributed by atoms with E-state index >= 15 is 0 Å². The molecule has 1 aromatic rings. The number of nitrogens with two attached hydrogens (primary N) is 1. The van der Waals surface area contributed by atoms with Crippen LogP contribution in [0.5, 0.6) is 0 Å². The Morgan fingerprint density at radius 1 is 1.31 bits per heavy atom. The summed E-state index contributed by atoms with van der Waals surface area (Å²) in [5.74, 6) is 0. The van der Waals surface area contributed by atoms with Crippen molar-refractivity contribution >= 4 is 45.2 Å². The Hall–Kier alpha value is 0.640. The summed E-state index contributed by atoms with van der Waals surface area (Å²) in [4.78, 5) is 0. The summed E-state index contributed by atoms with van der Waals surface area (Å²) in [6.07, 6.45) is 3.59. The fourth-order valence-electron chi connectivity index (χ4n) is 1.86. The second-order valence-electron chi connectivity index (χ2n) is 3.43. The van der Waals surface area contributed by atoms with Crippen molar-refractivity contribution in [1.29, 1.82) is 0 Å². The minimum absolute atomic E-state index is 0.272. The number of hydrogen-bond donors (Lipinski definition) is 1. The van der Waals surface area contributed by atoms with Crippen molar-refractivity contribution in [3.05, 3.63) is 30.4 Å². The Morgan fingerprint density at radius 2 is 2.08 bits per heavy atom. The van der Waals surface area contributed by atoms with Crippen LogP contribution in [-0.2, 0) is 6.42 Å². The molecule has 70 valence electrons. The van der Waals surface area contributed by atoms with Crippen LogP contribution in [0.4, 0.5) is 0 Å². The lowest BCUT2D eigenvalue weighted by Gasteiger charge is -2.23. The van der Waals surface area contributed by atoms with Crippen molar-refractivity contribution in [2.75, 3.05) is 0 Å². The standard InChI is InChI=1S/C10H11I2N/c11-8-5-4-6-7(10(8)12)2-1-3-9(6)13/h4-5,9H,1-3,13H2/t9-/m1/s1. The van der Waals surface area contributed by atoms with Gasteiger partial charge in [0.05, 0.1) is 0 Å². The molecule has 0 spiro atoms. The lowest BCUT2D eigenvalue weighted by atomic mass is 9.88. The maximum absolute atomic E-state index is 6.06. The Morgan fingerprint density at radius 3 is 2.85 bits per heavy atom. The van der Waals surface area contributed by atoms with Gasteiger partial charge in [-0.2, -0.15) is 0 Å². The van der Waals surface area contributed by atoms with E-state index in [2.05, 4.69) is 57.3 Å². The van der Waals surface area contributed by atoms with Gasteiger partial charge in [0.1, 0.15) is 0 Å². The molecule has 1 aliphatic carbocycles. The SMILES string of the molecule is N[C@@H]1CCCc2c1ccc(I)c2I. The summed E-state index contributed by atoms with van der Waals surface area (Å²) in [6.45, 7) is 0. The van der Waals surface area contributed by atoms with E-state index in [-0.39, 0.29) is 6.04 Å². The zero-order chi connectivity index (χ0) is 9.42. The molecular weight excluding hydrogens is 388 g/mol. The van der Waals surface area contributed by atoms with Crippen molar-refractivity contribution < 1.29 is 0 Å². The maximum Gasteiger partial charge on any atom is 0.0299 e. The zero-order valence-electron chi connectivity index (χ0n) is 7.19. The topological polar surface area (TPSA) is 26.0 Å². The van der Waals surface area contributed by atoms with E-state index in [1.54, 1.807) is 0 Å². The Balaban J connectivity index is 2.56. The second-order valence-corrected chi connectivity index (χ2v) is 5.67. The molecule has 1 atom stereocenters. The van der Waals surface area contributed by atoms with Crippen molar-refractivity contribution in [2.24, 2.45) is 5.73 Å². The van der Waals surface area contributed by atoms with Gasteiger partial charge in [0.25, 0.3) is 0 Å². The van der Waals surface area contributed by atoms with Crippen LogP contribution in [0.15, 0.2) is 12.1 Å². The first-order valence-corrected chi connectivity index (χ1v) is 6.58. The van der Waals surface area contributed by atoms with Crippen molar-refractivity contribution in [2.45, 2.75) is 25.3 Å². The molecule has 0 bridgehead atoms. The zero-order valence-corrected chi connectivity index (χ0v) is 11.5. The molecule has 0 saturated carbocycles. The van der Waals surface area contributed by atoms with Crippen LogP contribution >= 0.6 is 45.2 Å². The van der Waals surface area contributed by atoms with Crippen LogP contribution in [0.1, 0.15) is 30.0 Å². The van der Waals surface area contributed by atoms with Gasteiger partial charge in [-0.1, -0.05) is 6.07 Å². The number of hydrogen-bond acceptors (Lipinski definition) is 1. The molecule has 1 nitrogen and oxygen atoms in total. The van der Waals surface area contributed by atoms with Gasteiger partial charge in [-0.25, -0.2) is 0 Å². The monoisotopic (exact) mass is 399 g/mol. The van der Waals surface area contributed by atoms with Crippen LogP contribution in [-0.4, -0.2) is 0 Å². The fourth-order valence-corrected chi connectivity index (χ4v) is 3.13. The Labute approximate surface area is 106 Å². The van der Waals surface area contributed by atoms with Gasteiger partial charge in [-0.05, 0) is 81.6 Å². The Kier molecular flexibility index (Phi) is 3.14. The largest absolute Gasteiger partial charge is 0.324 e. The third kappa shape index (κ3) is 1.87. The number of rotatable bonds is 0. The molecule has 0 saturated heterocycles. The minimum atomic E-state index is 0.272. The van der Waals surface area contributed by atoms with Crippen molar-refractivity contribution in [3.63, 3.8) is 0 Å². The van der Waals surface area contributed by atoms with E-state index in [1.165, 1.54) is 31.1 Å². The van der Waals surface area contributed by atoms with E-state index in [4.69, 9.17) is 5.73 Å². The first kappa shape index (κ1) is 10.2. The predicted molar refractivity (Wildman–Crippen MR) is 71.7 cm³/mol. The molecule has 0 amide bonds. The highest BCUT2D eigenvalue weighted by Crippen LogP contribution is 2.33. The van der Waals surface area contributed by atoms with E-state index in [0.29, 0.717) is 0 Å². The van der Waals surface area contributed by atoms with Crippen molar-refractivity contribution in [1.82, 2.24) is 0 Å². The van der Waals surface area contributed by atoms with Gasteiger partial charge in [0.15, 0.2) is 0 Å². The molecule has 0 heterocycles. The molecule has 13 heavy (non-hydrogen) atoms. The summed E-state index contributed by atoms with van der Waals surface area (Å²) >= 11 is 4.82. The van der Waals surface area contributed by atoms with Gasteiger partial charge < -0.3 is 5.73 Å². The van der Waals surface area contributed by atoms with Crippen LogP contribution in [0, 0.1) is 7.14 Å². The van der Waals surface area contributed by atoms with Crippen molar-refractivity contribution in [3.8, 4) is 0 Å². The van der Waals surface area contributed by atoms with Crippen LogP contribution < -0.4 is 5.73 Å². The number of fused-ring (bicyclic) bond motifs is 1. The third-order valence-electron chi connectivity index (χ3n) is 2.57. The molecule has 1 aromatic carbocycles. The molecule has 0 aliphatic heterocycles. The highest BCUT2D eigenvalue weighted by molar-refractivity contribution is 14.1. The van der Waals surface area contributed by atoms with Crippen LogP contribution in [0.25, 0.3) is 0 Å². The number of halogens is 2. The summed E-state index contributed by atoms with van der Waals surface area (Å²) in [5.41, 5.74) is 8.92. The lowest BCUT2D eigenvalue weighted by molar-refractivity contribution is 0.568. The fraction of sp³-hybridized carbons (Fsp3) is 0.400. The molecule has 0 radical (unpaired) electrons. The molecule has 2 N–H and O–H groups in total. The minimum Gasteiger partial charge on any atom is -0.324 e. The van der Waals surface area contributed by atoms with Gasteiger partial charge in [-0.15, -0.1) is 0 Å². The predicted octanol–water partition coefficient (Wildman–Crippen LogP) is 3.23. The molecule has 1 aliphatic rings. The maximum atomic E-state index is 6.06. The lowest BCUT2D eigenvalue weighted by Crippen LogP contribution is -2.18. The summed E-state index contributed by atoms with van der Waals surface area (Å²) in [6, 6.07) is 4.64. The quantitative estimate of drug-likeness (QED) is 0.667. The first-order chi connectivity index (χ1) is 6.20. The first-order valence-electron chi connectivity index (χ1n) is 4.42. The van der Waals surface area contributed by atoms with Gasteiger partial charge in [-0.3, -0.25) is 0 Å². The number of benzene rings is 1. The van der Waals surface area contributed by atoms with E-state index in [1.807, 2.05) is 0 Å². The van der Waals surface area contributed by atoms with E-state index < -0.39 is 0 Å². The van der Waals surface area contributed by atoms with Gasteiger partial charge >= 0.3 is 0 Å². The van der Waals surface area contributed by atoms with Crippen LogP contribution in [0.2, 0.25) is 0 Å². The normalized spacial score (nSPS) is 21.3. The van der Waals surface area contributed by atoms with E-state index in [0.717, 1.165) is 6.42 Å². The van der Waals surface area contributed by atoms with Gasteiger partial charge in [0, 0.05) is 13.2 Å². The van der Waals surface area contributed by atoms with Crippen LogP contribution in [0.3, 0.4) is 0 Å². The third-order valence-corrected chi connectivity index (χ3v) is 5.74. The molecule has 2 rings (SSSR count). The van der Waals surface area contributed by atoms with Gasteiger partial charge in [0.2, 0.25) is 0 Å². The highest BCUT2D eigenvalue weighted by Gasteiger charge is 2.19. The Bertz CT molecular complexity index is 336. The smallest absolute Gasteiger partial charge is 0.0299 e.